The van der Waals surface area contributed by atoms with E-state index < -0.39 is 35.4 Å². The van der Waals surface area contributed by atoms with Gasteiger partial charge in [-0.3, -0.25) is 0 Å². The fraction of sp³-hybridized carbons (Fsp3) is 0.455. The van der Waals surface area contributed by atoms with E-state index in [0.717, 1.165) is 0 Å². The first-order valence-electron chi connectivity index (χ1n) is 5.57. The number of nitrogens with zero attached hydrogens (tertiary/aromatic N) is 1. The molecule has 108 valence electrons. The van der Waals surface area contributed by atoms with Crippen molar-refractivity contribution < 1.29 is 22.3 Å². The largest absolute Gasteiger partial charge is 0.398 e. The first-order valence-corrected chi connectivity index (χ1v) is 7.18. The highest BCUT2D eigenvalue weighted by Crippen LogP contribution is 2.17. The van der Waals surface area contributed by atoms with Crippen LogP contribution in [0.3, 0.4) is 0 Å². The van der Waals surface area contributed by atoms with Gasteiger partial charge in [-0.05, 0) is 11.6 Å². The highest BCUT2D eigenvalue weighted by Gasteiger charge is 2.25. The second-order valence-corrected chi connectivity index (χ2v) is 5.90. The molecule has 1 aromatic carbocycles. The standard InChI is InChI=1S/C11H16F2N2O3S/c12-11(13)7-15(5-6-16)19(17,18)8-9-3-1-2-4-10(9)14/h1-4,11,16H,5-8,14H2. The van der Waals surface area contributed by atoms with Crippen molar-refractivity contribution in [3.63, 3.8) is 0 Å². The van der Waals surface area contributed by atoms with E-state index in [1.54, 1.807) is 12.1 Å². The summed E-state index contributed by atoms with van der Waals surface area (Å²) in [5.41, 5.74) is 6.25. The quantitative estimate of drug-likeness (QED) is 0.724. The summed E-state index contributed by atoms with van der Waals surface area (Å²) in [6.45, 7) is -1.81. The lowest BCUT2D eigenvalue weighted by atomic mass is 10.2. The van der Waals surface area contributed by atoms with E-state index in [0.29, 0.717) is 9.87 Å². The normalized spacial score (nSPS) is 12.3. The molecular weight excluding hydrogens is 278 g/mol. The number of nitrogen functional groups attached to an aromatic ring is 1. The van der Waals surface area contributed by atoms with Crippen molar-refractivity contribution in [2.75, 3.05) is 25.4 Å². The molecule has 0 saturated carbocycles. The number of hydrogen-bond acceptors (Lipinski definition) is 4. The summed E-state index contributed by atoms with van der Waals surface area (Å²) in [6.07, 6.45) is -2.80. The van der Waals surface area contributed by atoms with Gasteiger partial charge in [-0.15, -0.1) is 0 Å². The van der Waals surface area contributed by atoms with Gasteiger partial charge in [0.2, 0.25) is 10.0 Å². The lowest BCUT2D eigenvalue weighted by Crippen LogP contribution is -2.38. The second-order valence-electron chi connectivity index (χ2n) is 3.93. The molecule has 0 radical (unpaired) electrons. The summed E-state index contributed by atoms with van der Waals surface area (Å²) in [7, 11) is -3.94. The Bertz CT molecular complexity index is 508. The number of para-hydroxylation sites is 1. The van der Waals surface area contributed by atoms with Crippen molar-refractivity contribution >= 4 is 15.7 Å². The van der Waals surface area contributed by atoms with E-state index in [1.807, 2.05) is 0 Å². The molecule has 0 aromatic heterocycles. The molecular formula is C11H16F2N2O3S. The maximum Gasteiger partial charge on any atom is 0.252 e. The van der Waals surface area contributed by atoms with E-state index in [9.17, 15) is 17.2 Å². The van der Waals surface area contributed by atoms with Crippen LogP contribution in [-0.2, 0) is 15.8 Å². The second kappa shape index (κ2) is 6.78. The lowest BCUT2D eigenvalue weighted by Gasteiger charge is -2.21. The molecule has 8 heteroatoms. The van der Waals surface area contributed by atoms with Crippen LogP contribution in [-0.4, -0.2) is 44.0 Å². The number of nitrogens with two attached hydrogens (primary N) is 1. The van der Waals surface area contributed by atoms with Crippen LogP contribution in [0.2, 0.25) is 0 Å². The molecule has 0 bridgehead atoms. The molecule has 5 nitrogen and oxygen atoms in total. The number of hydrogen-bond donors (Lipinski definition) is 2. The number of aliphatic hydroxyl groups is 1. The summed E-state index contributed by atoms with van der Waals surface area (Å²) in [5, 5.41) is 8.76. The Hall–Kier alpha value is -1.25. The Balaban J connectivity index is 2.91. The number of anilines is 1. The molecule has 0 amide bonds. The first-order chi connectivity index (χ1) is 8.86. The molecule has 0 atom stereocenters. The van der Waals surface area contributed by atoms with Crippen molar-refractivity contribution in [1.82, 2.24) is 4.31 Å². The zero-order chi connectivity index (χ0) is 14.5. The summed E-state index contributed by atoms with van der Waals surface area (Å²) in [5.74, 6) is -0.466. The van der Waals surface area contributed by atoms with Crippen LogP contribution in [0.25, 0.3) is 0 Å². The SMILES string of the molecule is Nc1ccccc1CS(=O)(=O)N(CCO)CC(F)F. The smallest absolute Gasteiger partial charge is 0.252 e. The predicted molar refractivity (Wildman–Crippen MR) is 68.1 cm³/mol. The van der Waals surface area contributed by atoms with Crippen LogP contribution in [0.1, 0.15) is 5.56 Å². The summed E-state index contributed by atoms with van der Waals surface area (Å²) >= 11 is 0. The van der Waals surface area contributed by atoms with E-state index in [4.69, 9.17) is 10.8 Å². The van der Waals surface area contributed by atoms with E-state index in [1.165, 1.54) is 12.1 Å². The average molecular weight is 294 g/mol. The third-order valence-corrected chi connectivity index (χ3v) is 4.27. The van der Waals surface area contributed by atoms with Crippen molar-refractivity contribution in [1.29, 1.82) is 0 Å². The van der Waals surface area contributed by atoms with Crippen LogP contribution in [0, 0.1) is 0 Å². The number of halogens is 2. The molecule has 0 unspecified atom stereocenters. The minimum atomic E-state index is -3.94. The van der Waals surface area contributed by atoms with Crippen LogP contribution < -0.4 is 5.73 Å². The van der Waals surface area contributed by atoms with Gasteiger partial charge >= 0.3 is 0 Å². The van der Waals surface area contributed by atoms with Crippen LogP contribution in [0.4, 0.5) is 14.5 Å². The number of alkyl halides is 2. The molecule has 0 aliphatic rings. The molecule has 0 aliphatic carbocycles. The van der Waals surface area contributed by atoms with E-state index in [-0.39, 0.29) is 12.2 Å². The van der Waals surface area contributed by atoms with Gasteiger partial charge in [0, 0.05) is 12.2 Å². The predicted octanol–water partition coefficient (Wildman–Crippen LogP) is 0.658. The maximum absolute atomic E-state index is 12.3. The Labute approximate surface area is 110 Å². The van der Waals surface area contributed by atoms with E-state index >= 15 is 0 Å². The number of aliphatic hydroxyl groups excluding tert-OH is 1. The van der Waals surface area contributed by atoms with E-state index in [2.05, 4.69) is 0 Å². The minimum Gasteiger partial charge on any atom is -0.398 e. The van der Waals surface area contributed by atoms with Crippen molar-refractivity contribution in [3.8, 4) is 0 Å². The van der Waals surface area contributed by atoms with Crippen LogP contribution in [0.15, 0.2) is 24.3 Å². The highest BCUT2D eigenvalue weighted by atomic mass is 32.2. The maximum atomic E-state index is 12.3. The van der Waals surface area contributed by atoms with Crippen molar-refractivity contribution in [3.05, 3.63) is 29.8 Å². The Kier molecular flexibility index (Phi) is 5.64. The molecule has 0 spiro atoms. The Morgan fingerprint density at radius 2 is 1.95 bits per heavy atom. The molecule has 0 fully saturated rings. The minimum absolute atomic E-state index is 0.284. The number of benzene rings is 1. The lowest BCUT2D eigenvalue weighted by molar-refractivity contribution is 0.113. The Morgan fingerprint density at radius 1 is 1.32 bits per heavy atom. The van der Waals surface area contributed by atoms with Gasteiger partial charge in [0.25, 0.3) is 6.43 Å². The van der Waals surface area contributed by atoms with Gasteiger partial charge < -0.3 is 10.8 Å². The number of rotatable bonds is 7. The Morgan fingerprint density at radius 3 is 2.47 bits per heavy atom. The fourth-order valence-corrected chi connectivity index (χ4v) is 3.10. The molecule has 1 aromatic rings. The van der Waals surface area contributed by atoms with Crippen LogP contribution >= 0.6 is 0 Å². The van der Waals surface area contributed by atoms with Crippen LogP contribution in [0.5, 0.6) is 0 Å². The van der Waals surface area contributed by atoms with Crippen molar-refractivity contribution in [2.24, 2.45) is 0 Å². The molecule has 0 aliphatic heterocycles. The third-order valence-electron chi connectivity index (χ3n) is 2.48. The average Bonchev–Trinajstić information content (AvgIpc) is 2.31. The fourth-order valence-electron chi connectivity index (χ4n) is 1.56. The summed E-state index contributed by atoms with van der Waals surface area (Å²) in [4.78, 5) is 0. The van der Waals surface area contributed by atoms with Gasteiger partial charge in [-0.2, -0.15) is 4.31 Å². The zero-order valence-electron chi connectivity index (χ0n) is 10.2. The molecule has 3 N–H and O–H groups in total. The highest BCUT2D eigenvalue weighted by molar-refractivity contribution is 7.88. The van der Waals surface area contributed by atoms with Crippen molar-refractivity contribution in [2.45, 2.75) is 12.2 Å². The zero-order valence-corrected chi connectivity index (χ0v) is 11.0. The molecule has 1 rings (SSSR count). The number of sulfonamides is 1. The summed E-state index contributed by atoms with van der Waals surface area (Å²) in [6, 6.07) is 6.32. The molecule has 0 heterocycles. The monoisotopic (exact) mass is 294 g/mol. The topological polar surface area (TPSA) is 83.6 Å². The van der Waals surface area contributed by atoms with Gasteiger partial charge in [-0.25, -0.2) is 17.2 Å². The van der Waals surface area contributed by atoms with Gasteiger partial charge in [0.05, 0.1) is 18.9 Å². The first kappa shape index (κ1) is 15.8. The van der Waals surface area contributed by atoms with Gasteiger partial charge in [0.15, 0.2) is 0 Å². The van der Waals surface area contributed by atoms with Gasteiger partial charge in [0.1, 0.15) is 0 Å². The molecule has 19 heavy (non-hydrogen) atoms. The summed E-state index contributed by atoms with van der Waals surface area (Å²) < 4.78 is 49.3. The van der Waals surface area contributed by atoms with Gasteiger partial charge in [-0.1, -0.05) is 18.2 Å². The molecule has 0 saturated heterocycles. The third kappa shape index (κ3) is 4.73.